The van der Waals surface area contributed by atoms with E-state index in [-0.39, 0.29) is 0 Å². The molecular weight excluding hydrogens is 550 g/mol. The predicted molar refractivity (Wildman–Crippen MR) is 184 cm³/mol. The Morgan fingerprint density at radius 1 is 0.333 bits per heavy atom. The van der Waals surface area contributed by atoms with Gasteiger partial charge in [-0.05, 0) is 51.6 Å². The van der Waals surface area contributed by atoms with Gasteiger partial charge in [-0.2, -0.15) is 0 Å². The van der Waals surface area contributed by atoms with E-state index >= 15 is 0 Å². The summed E-state index contributed by atoms with van der Waals surface area (Å²) in [6, 6.07) is 52.2. The van der Waals surface area contributed by atoms with Crippen molar-refractivity contribution >= 4 is 43.5 Å². The molecule has 4 nitrogen and oxygen atoms in total. The second-order valence-corrected chi connectivity index (χ2v) is 11.3. The maximum atomic E-state index is 6.38. The van der Waals surface area contributed by atoms with Crippen molar-refractivity contribution in [2.24, 2.45) is 0 Å². The summed E-state index contributed by atoms with van der Waals surface area (Å²) in [5, 5.41) is 7.13. The van der Waals surface area contributed by atoms with Gasteiger partial charge >= 0.3 is 0 Å². The first-order chi connectivity index (χ1) is 22.3. The lowest BCUT2D eigenvalue weighted by Gasteiger charge is -2.10. The third-order valence-electron chi connectivity index (χ3n) is 8.49. The summed E-state index contributed by atoms with van der Waals surface area (Å²) in [5.74, 6) is 1.93. The first-order valence-electron chi connectivity index (χ1n) is 15.0. The molecule has 45 heavy (non-hydrogen) atoms. The fourth-order valence-corrected chi connectivity index (χ4v) is 6.32. The highest BCUT2D eigenvalue weighted by Gasteiger charge is 2.16. The Balaban J connectivity index is 1.22. The van der Waals surface area contributed by atoms with Crippen LogP contribution < -0.4 is 0 Å². The summed E-state index contributed by atoms with van der Waals surface area (Å²) in [5.41, 5.74) is 6.78. The number of fused-ring (bicyclic) bond motifs is 7. The summed E-state index contributed by atoms with van der Waals surface area (Å²) in [7, 11) is 0. The van der Waals surface area contributed by atoms with Crippen molar-refractivity contribution in [2.75, 3.05) is 0 Å². The van der Waals surface area contributed by atoms with E-state index in [2.05, 4.69) is 91.0 Å². The third kappa shape index (κ3) is 4.35. The van der Waals surface area contributed by atoms with Crippen LogP contribution in [0, 0.1) is 0 Å². The van der Waals surface area contributed by atoms with E-state index in [4.69, 9.17) is 19.4 Å². The van der Waals surface area contributed by atoms with E-state index in [1.54, 1.807) is 0 Å². The summed E-state index contributed by atoms with van der Waals surface area (Å²) in [4.78, 5) is 14.7. The summed E-state index contributed by atoms with van der Waals surface area (Å²) >= 11 is 0. The predicted octanol–water partition coefficient (Wildman–Crippen LogP) is 10.7. The summed E-state index contributed by atoms with van der Waals surface area (Å²) < 4.78 is 6.38. The Morgan fingerprint density at radius 2 is 0.889 bits per heavy atom. The van der Waals surface area contributed by atoms with Gasteiger partial charge in [0, 0.05) is 32.8 Å². The van der Waals surface area contributed by atoms with Gasteiger partial charge in [-0.3, -0.25) is 0 Å². The summed E-state index contributed by atoms with van der Waals surface area (Å²) in [6.45, 7) is 0. The van der Waals surface area contributed by atoms with Crippen LogP contribution in [0.2, 0.25) is 0 Å². The van der Waals surface area contributed by atoms with Gasteiger partial charge in [-0.25, -0.2) is 15.0 Å². The molecule has 0 radical (unpaired) electrons. The molecule has 0 bridgehead atoms. The van der Waals surface area contributed by atoms with Crippen molar-refractivity contribution in [3.63, 3.8) is 0 Å². The highest BCUT2D eigenvalue weighted by Crippen LogP contribution is 2.40. The number of hydrogen-bond acceptors (Lipinski definition) is 4. The molecule has 210 valence electrons. The quantitative estimate of drug-likeness (QED) is 0.196. The average molecular weight is 576 g/mol. The van der Waals surface area contributed by atoms with Gasteiger partial charge in [0.1, 0.15) is 11.2 Å². The monoisotopic (exact) mass is 575 g/mol. The molecule has 0 aliphatic rings. The van der Waals surface area contributed by atoms with Crippen LogP contribution in [0.15, 0.2) is 156 Å². The Morgan fingerprint density at radius 3 is 1.64 bits per heavy atom. The second-order valence-electron chi connectivity index (χ2n) is 11.3. The van der Waals surface area contributed by atoms with Crippen LogP contribution in [0.25, 0.3) is 88.8 Å². The fraction of sp³-hybridized carbons (Fsp3) is 0. The molecule has 2 aromatic heterocycles. The molecule has 9 aromatic rings. The molecule has 0 atom stereocenters. The van der Waals surface area contributed by atoms with Crippen LogP contribution in [0.3, 0.4) is 0 Å². The molecule has 0 saturated heterocycles. The van der Waals surface area contributed by atoms with Crippen LogP contribution in [-0.4, -0.2) is 15.0 Å². The van der Waals surface area contributed by atoms with Crippen LogP contribution in [0.1, 0.15) is 0 Å². The Hall–Kier alpha value is -6.13. The molecule has 2 heterocycles. The van der Waals surface area contributed by atoms with Gasteiger partial charge in [0.25, 0.3) is 0 Å². The minimum atomic E-state index is 0.636. The number of hydrogen-bond donors (Lipinski definition) is 0. The molecule has 0 amide bonds. The van der Waals surface area contributed by atoms with Crippen LogP contribution in [0.5, 0.6) is 0 Å². The van der Waals surface area contributed by atoms with Gasteiger partial charge in [0.2, 0.25) is 0 Å². The third-order valence-corrected chi connectivity index (χ3v) is 8.49. The van der Waals surface area contributed by atoms with E-state index in [1.807, 2.05) is 60.7 Å². The van der Waals surface area contributed by atoms with Crippen molar-refractivity contribution in [1.29, 1.82) is 0 Å². The molecule has 0 spiro atoms. The lowest BCUT2D eigenvalue weighted by atomic mass is 9.96. The molecule has 0 fully saturated rings. The lowest BCUT2D eigenvalue weighted by molar-refractivity contribution is 0.669. The van der Waals surface area contributed by atoms with E-state index in [1.165, 1.54) is 21.5 Å². The van der Waals surface area contributed by atoms with E-state index in [0.717, 1.165) is 49.8 Å². The molecule has 9 rings (SSSR count). The fourth-order valence-electron chi connectivity index (χ4n) is 6.32. The normalized spacial score (nSPS) is 11.6. The highest BCUT2D eigenvalue weighted by atomic mass is 16.3. The molecule has 0 N–H and O–H groups in total. The number of aromatic nitrogens is 3. The Labute approximate surface area is 259 Å². The highest BCUT2D eigenvalue weighted by molar-refractivity contribution is 6.26. The van der Waals surface area contributed by atoms with Gasteiger partial charge in [-0.15, -0.1) is 0 Å². The van der Waals surface area contributed by atoms with Gasteiger partial charge in [-0.1, -0.05) is 127 Å². The number of benzene rings is 7. The van der Waals surface area contributed by atoms with Crippen molar-refractivity contribution < 1.29 is 4.42 Å². The average Bonchev–Trinajstić information content (AvgIpc) is 3.50. The van der Waals surface area contributed by atoms with Gasteiger partial charge in [0.15, 0.2) is 17.5 Å². The van der Waals surface area contributed by atoms with E-state index < -0.39 is 0 Å². The maximum absolute atomic E-state index is 6.38. The molecule has 4 heteroatoms. The number of rotatable bonds is 4. The molecular formula is C41H25N3O. The Kier molecular flexibility index (Phi) is 5.78. The second kappa shape index (κ2) is 10.2. The standard InChI is InChI=1S/C41H25N3O/c1-3-11-28(12-4-1)39-42-40(29-13-5-2-6-14-29)44-41(43-39)32-16-9-15-30(24-32)31-21-22-35-34(25-31)38-36(45-35)23-20-27-19-18-26-10-7-8-17-33(26)37(27)38/h1-25H. The lowest BCUT2D eigenvalue weighted by Crippen LogP contribution is -2.00. The smallest absolute Gasteiger partial charge is 0.164 e. The van der Waals surface area contributed by atoms with Crippen molar-refractivity contribution in [1.82, 2.24) is 15.0 Å². The molecule has 7 aromatic carbocycles. The maximum Gasteiger partial charge on any atom is 0.164 e. The minimum absolute atomic E-state index is 0.636. The van der Waals surface area contributed by atoms with E-state index in [9.17, 15) is 0 Å². The van der Waals surface area contributed by atoms with Crippen molar-refractivity contribution in [2.45, 2.75) is 0 Å². The largest absolute Gasteiger partial charge is 0.456 e. The summed E-state index contributed by atoms with van der Waals surface area (Å²) in [6.07, 6.45) is 0. The van der Waals surface area contributed by atoms with Crippen LogP contribution >= 0.6 is 0 Å². The zero-order valence-electron chi connectivity index (χ0n) is 24.2. The van der Waals surface area contributed by atoms with E-state index in [0.29, 0.717) is 17.5 Å². The van der Waals surface area contributed by atoms with Gasteiger partial charge in [0.05, 0.1) is 0 Å². The van der Waals surface area contributed by atoms with Crippen molar-refractivity contribution in [3.05, 3.63) is 152 Å². The molecule has 0 aliphatic carbocycles. The zero-order valence-corrected chi connectivity index (χ0v) is 24.2. The van der Waals surface area contributed by atoms with Gasteiger partial charge < -0.3 is 4.42 Å². The van der Waals surface area contributed by atoms with Crippen molar-refractivity contribution in [3.8, 4) is 45.3 Å². The van der Waals surface area contributed by atoms with Crippen LogP contribution in [-0.2, 0) is 0 Å². The minimum Gasteiger partial charge on any atom is -0.456 e. The SMILES string of the molecule is c1ccc(-c2nc(-c3ccccc3)nc(-c3cccc(-c4ccc5oc6ccc7ccc8ccccc8c7c6c5c4)c3)n2)cc1. The number of nitrogens with zero attached hydrogens (tertiary/aromatic N) is 3. The first-order valence-corrected chi connectivity index (χ1v) is 15.0. The molecule has 0 saturated carbocycles. The first kappa shape index (κ1) is 25.4. The zero-order chi connectivity index (χ0) is 29.7. The molecule has 0 unspecified atom stereocenters. The number of furan rings is 1. The van der Waals surface area contributed by atoms with Crippen LogP contribution in [0.4, 0.5) is 0 Å². The Bertz CT molecular complexity index is 2480. The molecule has 0 aliphatic heterocycles. The topological polar surface area (TPSA) is 51.8 Å².